The van der Waals surface area contributed by atoms with Gasteiger partial charge >= 0.3 is 0 Å². The second kappa shape index (κ2) is 8.52. The van der Waals surface area contributed by atoms with Crippen molar-refractivity contribution in [3.8, 4) is 17.1 Å². The van der Waals surface area contributed by atoms with Crippen LogP contribution in [0.25, 0.3) is 17.5 Å². The van der Waals surface area contributed by atoms with Crippen molar-refractivity contribution in [1.82, 2.24) is 15.2 Å². The van der Waals surface area contributed by atoms with Gasteiger partial charge in [-0.25, -0.2) is 4.98 Å². The Morgan fingerprint density at radius 3 is 2.71 bits per heavy atom. The fourth-order valence-corrected chi connectivity index (χ4v) is 2.76. The van der Waals surface area contributed by atoms with Crippen molar-refractivity contribution in [3.63, 3.8) is 0 Å². The smallest absolute Gasteiger partial charge is 0.248 e. The van der Waals surface area contributed by atoms with Crippen molar-refractivity contribution in [2.75, 3.05) is 12.4 Å². The number of aromatic amines is 1. The maximum Gasteiger partial charge on any atom is 0.248 e. The maximum absolute atomic E-state index is 12.5. The number of hydrogen-bond donors (Lipinski definition) is 2. The van der Waals surface area contributed by atoms with E-state index < -0.39 is 0 Å². The fourth-order valence-electron chi connectivity index (χ4n) is 2.76. The van der Waals surface area contributed by atoms with Crippen LogP contribution in [0.15, 0.2) is 48.5 Å². The average Bonchev–Trinajstić information content (AvgIpc) is 3.17. The van der Waals surface area contributed by atoms with Crippen LogP contribution in [0, 0.1) is 6.92 Å². The molecule has 0 bridgehead atoms. The standard InChI is InChI=1S/C22H24N4O2/c1-14(2)21-24-22(26-25-21)17-7-5-6-8-18(17)23-20(27)12-10-16-13-15(3)9-11-19(16)28-4/h5-14H,1-4H3,(H,23,27)(H,24,25,26)/b12-10+. The summed E-state index contributed by atoms with van der Waals surface area (Å²) in [5.41, 5.74) is 3.36. The van der Waals surface area contributed by atoms with Crippen LogP contribution in [-0.2, 0) is 4.79 Å². The molecule has 6 heteroatoms. The third-order valence-electron chi connectivity index (χ3n) is 4.27. The molecule has 6 nitrogen and oxygen atoms in total. The van der Waals surface area contributed by atoms with Gasteiger partial charge < -0.3 is 10.1 Å². The molecule has 28 heavy (non-hydrogen) atoms. The van der Waals surface area contributed by atoms with Crippen LogP contribution in [0.4, 0.5) is 5.69 Å². The summed E-state index contributed by atoms with van der Waals surface area (Å²) in [5, 5.41) is 10.1. The number of methoxy groups -OCH3 is 1. The number of para-hydroxylation sites is 1. The third kappa shape index (κ3) is 4.46. The molecule has 3 rings (SSSR count). The number of nitrogens with one attached hydrogen (secondary N) is 2. The third-order valence-corrected chi connectivity index (χ3v) is 4.27. The Morgan fingerprint density at radius 1 is 1.21 bits per heavy atom. The number of anilines is 1. The summed E-state index contributed by atoms with van der Waals surface area (Å²) >= 11 is 0. The molecule has 0 saturated heterocycles. The number of hydrogen-bond acceptors (Lipinski definition) is 4. The highest BCUT2D eigenvalue weighted by Crippen LogP contribution is 2.26. The van der Waals surface area contributed by atoms with Crippen LogP contribution in [-0.4, -0.2) is 28.2 Å². The Hall–Kier alpha value is -3.41. The van der Waals surface area contributed by atoms with E-state index in [1.165, 1.54) is 6.08 Å². The molecule has 3 aromatic rings. The summed E-state index contributed by atoms with van der Waals surface area (Å²) in [7, 11) is 1.61. The number of rotatable bonds is 6. The van der Waals surface area contributed by atoms with Crippen molar-refractivity contribution in [2.45, 2.75) is 26.7 Å². The molecular weight excluding hydrogens is 352 g/mol. The molecule has 0 aliphatic carbocycles. The summed E-state index contributed by atoms with van der Waals surface area (Å²) in [5.74, 6) is 2.09. The minimum absolute atomic E-state index is 0.240. The van der Waals surface area contributed by atoms with Crippen LogP contribution in [0.3, 0.4) is 0 Å². The predicted molar refractivity (Wildman–Crippen MR) is 111 cm³/mol. The molecule has 2 N–H and O–H groups in total. The fraction of sp³-hybridized carbons (Fsp3) is 0.227. The molecule has 0 fully saturated rings. The van der Waals surface area contributed by atoms with Crippen LogP contribution >= 0.6 is 0 Å². The van der Waals surface area contributed by atoms with Gasteiger partial charge in [0.25, 0.3) is 0 Å². The number of nitrogens with zero attached hydrogens (tertiary/aromatic N) is 2. The van der Waals surface area contributed by atoms with Crippen LogP contribution in [0.1, 0.15) is 36.7 Å². The predicted octanol–water partition coefficient (Wildman–Crippen LogP) is 4.56. The number of aromatic nitrogens is 3. The summed E-state index contributed by atoms with van der Waals surface area (Å²) < 4.78 is 5.35. The molecule has 1 aromatic heterocycles. The number of H-pyrrole nitrogens is 1. The molecule has 0 aliphatic rings. The summed E-state index contributed by atoms with van der Waals surface area (Å²) in [6.45, 7) is 6.08. The van der Waals surface area contributed by atoms with Gasteiger partial charge in [-0.1, -0.05) is 37.6 Å². The number of ether oxygens (including phenoxy) is 1. The second-order valence-corrected chi connectivity index (χ2v) is 6.81. The van der Waals surface area contributed by atoms with Crippen LogP contribution in [0.5, 0.6) is 5.75 Å². The first-order valence-corrected chi connectivity index (χ1v) is 9.13. The van der Waals surface area contributed by atoms with Gasteiger partial charge in [0.15, 0.2) is 5.82 Å². The second-order valence-electron chi connectivity index (χ2n) is 6.81. The van der Waals surface area contributed by atoms with Crippen molar-refractivity contribution in [2.24, 2.45) is 0 Å². The lowest BCUT2D eigenvalue weighted by atomic mass is 10.1. The lowest BCUT2D eigenvalue weighted by molar-refractivity contribution is -0.111. The van der Waals surface area contributed by atoms with Gasteiger partial charge in [-0.15, -0.1) is 0 Å². The van der Waals surface area contributed by atoms with Crippen LogP contribution in [0.2, 0.25) is 0 Å². The van der Waals surface area contributed by atoms with Crippen molar-refractivity contribution < 1.29 is 9.53 Å². The molecule has 1 amide bonds. The lowest BCUT2D eigenvalue weighted by Gasteiger charge is -2.08. The van der Waals surface area contributed by atoms with E-state index in [-0.39, 0.29) is 11.8 Å². The number of carbonyl (C=O) groups is 1. The van der Waals surface area contributed by atoms with E-state index in [1.807, 2.05) is 63.2 Å². The number of amides is 1. The SMILES string of the molecule is COc1ccc(C)cc1/C=C/C(=O)Nc1ccccc1-c1n[nH]c(C(C)C)n1. The zero-order valence-electron chi connectivity index (χ0n) is 16.5. The highest BCUT2D eigenvalue weighted by Gasteiger charge is 2.13. The number of carbonyl (C=O) groups excluding carboxylic acids is 1. The quantitative estimate of drug-likeness (QED) is 0.618. The van der Waals surface area contributed by atoms with Crippen LogP contribution < -0.4 is 10.1 Å². The molecular formula is C22H24N4O2. The molecule has 0 radical (unpaired) electrons. The Labute approximate surface area is 164 Å². The Morgan fingerprint density at radius 2 is 2.00 bits per heavy atom. The van der Waals surface area contributed by atoms with E-state index in [4.69, 9.17) is 4.74 Å². The van der Waals surface area contributed by atoms with Gasteiger partial charge in [0, 0.05) is 23.1 Å². The zero-order valence-corrected chi connectivity index (χ0v) is 16.5. The molecule has 0 atom stereocenters. The van der Waals surface area contributed by atoms with Gasteiger partial charge in [0.2, 0.25) is 5.91 Å². The molecule has 0 unspecified atom stereocenters. The van der Waals surface area contributed by atoms with Gasteiger partial charge in [-0.2, -0.15) is 5.10 Å². The molecule has 0 aliphatic heterocycles. The number of benzene rings is 2. The topological polar surface area (TPSA) is 79.9 Å². The van der Waals surface area contributed by atoms with Gasteiger partial charge in [-0.05, 0) is 37.3 Å². The minimum Gasteiger partial charge on any atom is -0.496 e. The largest absolute Gasteiger partial charge is 0.496 e. The highest BCUT2D eigenvalue weighted by atomic mass is 16.5. The first-order chi connectivity index (χ1) is 13.5. The van der Waals surface area contributed by atoms with E-state index in [2.05, 4.69) is 20.5 Å². The first kappa shape index (κ1) is 19.4. The zero-order chi connectivity index (χ0) is 20.1. The molecule has 144 valence electrons. The Kier molecular flexibility index (Phi) is 5.89. The first-order valence-electron chi connectivity index (χ1n) is 9.13. The normalized spacial score (nSPS) is 11.2. The van der Waals surface area contributed by atoms with E-state index in [1.54, 1.807) is 13.2 Å². The molecule has 0 saturated carbocycles. The van der Waals surface area contributed by atoms with Crippen molar-refractivity contribution >= 4 is 17.7 Å². The number of aryl methyl sites for hydroxylation is 1. The minimum atomic E-state index is -0.240. The van der Waals surface area contributed by atoms with Crippen molar-refractivity contribution in [3.05, 3.63) is 65.5 Å². The summed E-state index contributed by atoms with van der Waals surface area (Å²) in [6, 6.07) is 13.3. The highest BCUT2D eigenvalue weighted by molar-refractivity contribution is 6.04. The van der Waals surface area contributed by atoms with E-state index in [0.717, 1.165) is 28.3 Å². The molecule has 1 heterocycles. The maximum atomic E-state index is 12.5. The van der Waals surface area contributed by atoms with Gasteiger partial charge in [0.05, 0.1) is 12.8 Å². The molecule has 2 aromatic carbocycles. The van der Waals surface area contributed by atoms with E-state index in [0.29, 0.717) is 11.5 Å². The van der Waals surface area contributed by atoms with Gasteiger partial charge in [-0.3, -0.25) is 9.89 Å². The Balaban J connectivity index is 1.80. The lowest BCUT2D eigenvalue weighted by Crippen LogP contribution is -2.09. The van der Waals surface area contributed by atoms with Gasteiger partial charge in [0.1, 0.15) is 11.6 Å². The van der Waals surface area contributed by atoms with E-state index in [9.17, 15) is 4.79 Å². The molecule has 0 spiro atoms. The summed E-state index contributed by atoms with van der Waals surface area (Å²) in [4.78, 5) is 17.0. The Bertz CT molecular complexity index is 1010. The average molecular weight is 376 g/mol. The summed E-state index contributed by atoms with van der Waals surface area (Å²) in [6.07, 6.45) is 3.24. The van der Waals surface area contributed by atoms with E-state index >= 15 is 0 Å². The monoisotopic (exact) mass is 376 g/mol. The van der Waals surface area contributed by atoms with Crippen molar-refractivity contribution in [1.29, 1.82) is 0 Å².